The van der Waals surface area contributed by atoms with E-state index >= 15 is 0 Å². The SMILES string of the molecule is COC(=O)c1c(NC(=O)C(C)Sc2cccc(NC(=O)Cc3ccc(Cl)cc3)c2)sc2c1CCC(C(C)(C)C)C2. The Morgan fingerprint density at radius 3 is 2.52 bits per heavy atom. The van der Waals surface area contributed by atoms with Crippen molar-refractivity contribution in [1.29, 1.82) is 0 Å². The molecule has 1 aliphatic carbocycles. The van der Waals surface area contributed by atoms with Crippen LogP contribution in [0.5, 0.6) is 0 Å². The van der Waals surface area contributed by atoms with Gasteiger partial charge in [0.25, 0.3) is 0 Å². The molecule has 1 aliphatic rings. The Kier molecular flexibility index (Phi) is 9.64. The first-order valence-corrected chi connectivity index (χ1v) is 15.4. The van der Waals surface area contributed by atoms with Crippen LogP contribution in [0.3, 0.4) is 0 Å². The van der Waals surface area contributed by atoms with Gasteiger partial charge in [-0.2, -0.15) is 0 Å². The zero-order valence-corrected chi connectivity index (χ0v) is 25.8. The first kappa shape index (κ1) is 30.2. The van der Waals surface area contributed by atoms with Gasteiger partial charge in [-0.05, 0) is 79.0 Å². The van der Waals surface area contributed by atoms with E-state index < -0.39 is 11.2 Å². The topological polar surface area (TPSA) is 84.5 Å². The van der Waals surface area contributed by atoms with Crippen molar-refractivity contribution in [3.8, 4) is 0 Å². The number of nitrogens with one attached hydrogen (secondary N) is 2. The second kappa shape index (κ2) is 12.8. The highest BCUT2D eigenvalue weighted by molar-refractivity contribution is 8.00. The summed E-state index contributed by atoms with van der Waals surface area (Å²) in [6, 6.07) is 14.6. The van der Waals surface area contributed by atoms with Crippen molar-refractivity contribution < 1.29 is 19.1 Å². The van der Waals surface area contributed by atoms with Crippen LogP contribution in [0.15, 0.2) is 53.4 Å². The molecule has 4 rings (SSSR count). The van der Waals surface area contributed by atoms with E-state index in [4.69, 9.17) is 16.3 Å². The molecule has 0 saturated carbocycles. The van der Waals surface area contributed by atoms with Gasteiger partial charge in [-0.25, -0.2) is 4.79 Å². The molecule has 3 aromatic rings. The van der Waals surface area contributed by atoms with Crippen molar-refractivity contribution >= 4 is 63.2 Å². The molecule has 0 aliphatic heterocycles. The summed E-state index contributed by atoms with van der Waals surface area (Å²) in [5.74, 6) is -0.232. The normalized spacial score (nSPS) is 15.6. The lowest BCUT2D eigenvalue weighted by molar-refractivity contribution is -0.116. The molecule has 0 radical (unpaired) electrons. The molecule has 2 aromatic carbocycles. The van der Waals surface area contributed by atoms with E-state index in [0.717, 1.165) is 40.2 Å². The van der Waals surface area contributed by atoms with Crippen LogP contribution in [0.1, 0.15) is 60.5 Å². The fourth-order valence-corrected chi connectivity index (χ4v) is 7.21. The van der Waals surface area contributed by atoms with Crippen LogP contribution in [0, 0.1) is 11.3 Å². The average molecular weight is 599 g/mol. The van der Waals surface area contributed by atoms with Crippen LogP contribution in [-0.4, -0.2) is 30.1 Å². The zero-order valence-electron chi connectivity index (χ0n) is 23.4. The van der Waals surface area contributed by atoms with E-state index in [2.05, 4.69) is 31.4 Å². The molecule has 0 fully saturated rings. The zero-order chi connectivity index (χ0) is 29.0. The van der Waals surface area contributed by atoms with Crippen LogP contribution < -0.4 is 10.6 Å². The highest BCUT2D eigenvalue weighted by Crippen LogP contribution is 2.44. The lowest BCUT2D eigenvalue weighted by Gasteiger charge is -2.33. The average Bonchev–Trinajstić information content (AvgIpc) is 3.26. The number of halogens is 1. The van der Waals surface area contributed by atoms with E-state index in [1.807, 2.05) is 43.3 Å². The number of fused-ring (bicyclic) bond motifs is 1. The lowest BCUT2D eigenvalue weighted by atomic mass is 9.72. The number of carbonyl (C=O) groups is 3. The summed E-state index contributed by atoms with van der Waals surface area (Å²) >= 11 is 8.80. The van der Waals surface area contributed by atoms with Crippen LogP contribution in [0.25, 0.3) is 0 Å². The van der Waals surface area contributed by atoms with Crippen molar-refractivity contribution in [2.45, 2.75) is 63.5 Å². The van der Waals surface area contributed by atoms with E-state index in [9.17, 15) is 14.4 Å². The molecule has 2 atom stereocenters. The number of methoxy groups -OCH3 is 1. The minimum atomic E-state index is -0.438. The summed E-state index contributed by atoms with van der Waals surface area (Å²) in [4.78, 5) is 40.5. The number of amides is 2. The predicted molar refractivity (Wildman–Crippen MR) is 165 cm³/mol. The molecule has 2 unspecified atom stereocenters. The Bertz CT molecular complexity index is 1400. The van der Waals surface area contributed by atoms with Crippen molar-refractivity contribution in [3.63, 3.8) is 0 Å². The van der Waals surface area contributed by atoms with E-state index in [-0.39, 0.29) is 23.7 Å². The van der Waals surface area contributed by atoms with Gasteiger partial charge in [0.1, 0.15) is 5.00 Å². The van der Waals surface area contributed by atoms with Gasteiger partial charge in [0.15, 0.2) is 0 Å². The smallest absolute Gasteiger partial charge is 0.341 e. The minimum Gasteiger partial charge on any atom is -0.465 e. The monoisotopic (exact) mass is 598 g/mol. The van der Waals surface area contributed by atoms with Gasteiger partial charge >= 0.3 is 5.97 Å². The molecule has 6 nitrogen and oxygen atoms in total. The summed E-state index contributed by atoms with van der Waals surface area (Å²) in [6.45, 7) is 8.57. The molecule has 1 heterocycles. The number of ether oxygens (including phenoxy) is 1. The van der Waals surface area contributed by atoms with E-state index in [1.165, 1.54) is 30.2 Å². The van der Waals surface area contributed by atoms with E-state index in [1.54, 1.807) is 12.1 Å². The molecule has 2 amide bonds. The first-order chi connectivity index (χ1) is 18.9. The molecule has 0 bridgehead atoms. The molecule has 1 aromatic heterocycles. The number of esters is 1. The third-order valence-corrected chi connectivity index (χ3v) is 9.71. The summed E-state index contributed by atoms with van der Waals surface area (Å²) in [5.41, 5.74) is 3.20. The first-order valence-electron chi connectivity index (χ1n) is 13.3. The van der Waals surface area contributed by atoms with Crippen LogP contribution in [0.2, 0.25) is 5.02 Å². The molecule has 0 spiro atoms. The number of thiophene rings is 1. The number of anilines is 2. The van der Waals surface area contributed by atoms with Gasteiger partial charge in [-0.15, -0.1) is 23.1 Å². The highest BCUT2D eigenvalue weighted by Gasteiger charge is 2.34. The highest BCUT2D eigenvalue weighted by atomic mass is 35.5. The molecule has 2 N–H and O–H groups in total. The summed E-state index contributed by atoms with van der Waals surface area (Å²) < 4.78 is 5.09. The maximum Gasteiger partial charge on any atom is 0.341 e. The lowest BCUT2D eigenvalue weighted by Crippen LogP contribution is -2.26. The molecule has 9 heteroatoms. The Hall–Kier alpha value is -2.81. The Labute approximate surface area is 249 Å². The van der Waals surface area contributed by atoms with Crippen molar-refractivity contribution in [2.75, 3.05) is 17.7 Å². The number of hydrogen-bond donors (Lipinski definition) is 2. The second-order valence-corrected chi connectivity index (χ2v) is 14.1. The van der Waals surface area contributed by atoms with Crippen LogP contribution in [0.4, 0.5) is 10.7 Å². The summed E-state index contributed by atoms with van der Waals surface area (Å²) in [5, 5.41) is 6.68. The number of benzene rings is 2. The van der Waals surface area contributed by atoms with Crippen molar-refractivity contribution in [3.05, 3.63) is 75.1 Å². The quantitative estimate of drug-likeness (QED) is 0.206. The standard InChI is InChI=1S/C31H35ClN2O4S2/c1-18(39-23-8-6-7-22(17-23)33-26(35)15-19-9-12-21(32)13-10-19)28(36)34-29-27(30(37)38-5)24-14-11-20(31(2,3)4)16-25(24)40-29/h6-10,12-13,17-18,20H,11,14-16H2,1-5H3,(H,33,35)(H,34,36). The summed E-state index contributed by atoms with van der Waals surface area (Å²) in [6.07, 6.45) is 2.93. The van der Waals surface area contributed by atoms with Crippen molar-refractivity contribution in [2.24, 2.45) is 11.3 Å². The maximum absolute atomic E-state index is 13.2. The molecular formula is C31H35ClN2O4S2. The van der Waals surface area contributed by atoms with E-state index in [0.29, 0.717) is 27.2 Å². The molecule has 212 valence electrons. The fourth-order valence-electron chi connectivity index (χ4n) is 4.84. The third kappa shape index (κ3) is 7.47. The number of hydrogen-bond acceptors (Lipinski definition) is 6. The number of carbonyl (C=O) groups excluding carboxylic acids is 3. The molecule has 0 saturated heterocycles. The minimum absolute atomic E-state index is 0.138. The number of thioether (sulfide) groups is 1. The van der Waals surface area contributed by atoms with Gasteiger partial charge in [0, 0.05) is 20.5 Å². The molecule has 40 heavy (non-hydrogen) atoms. The molecular weight excluding hydrogens is 564 g/mol. The van der Waals surface area contributed by atoms with Crippen LogP contribution in [-0.2, 0) is 33.6 Å². The summed E-state index contributed by atoms with van der Waals surface area (Å²) in [7, 11) is 1.37. The predicted octanol–water partition coefficient (Wildman–Crippen LogP) is 7.64. The Morgan fingerprint density at radius 2 is 1.85 bits per heavy atom. The fraction of sp³-hybridized carbons (Fsp3) is 0.387. The maximum atomic E-state index is 13.2. The van der Waals surface area contributed by atoms with Crippen LogP contribution >= 0.6 is 34.7 Å². The van der Waals surface area contributed by atoms with Gasteiger partial charge in [-0.1, -0.05) is 50.6 Å². The Morgan fingerprint density at radius 1 is 1.12 bits per heavy atom. The Balaban J connectivity index is 1.42. The second-order valence-electron chi connectivity index (χ2n) is 11.1. The number of rotatable bonds is 8. The third-order valence-electron chi connectivity index (χ3n) is 7.19. The van der Waals surface area contributed by atoms with Gasteiger partial charge in [0.05, 0.1) is 24.3 Å². The largest absolute Gasteiger partial charge is 0.465 e. The van der Waals surface area contributed by atoms with Crippen molar-refractivity contribution in [1.82, 2.24) is 0 Å². The van der Waals surface area contributed by atoms with Gasteiger partial charge in [-0.3, -0.25) is 9.59 Å². The van der Waals surface area contributed by atoms with Gasteiger partial charge < -0.3 is 15.4 Å². The van der Waals surface area contributed by atoms with Gasteiger partial charge in [0.2, 0.25) is 11.8 Å².